The molecular formula is C29H37N9O7Si. The van der Waals surface area contributed by atoms with Crippen LogP contribution in [0.15, 0.2) is 51.7 Å². The Morgan fingerprint density at radius 2 is 1.46 bits per heavy atom. The van der Waals surface area contributed by atoms with Crippen molar-refractivity contribution in [3.05, 3.63) is 88.6 Å². The number of aromatic nitrogens is 8. The summed E-state index contributed by atoms with van der Waals surface area (Å²) in [5, 5.41) is 7.67. The summed E-state index contributed by atoms with van der Waals surface area (Å²) in [5.41, 5.74) is 0.718. The average Bonchev–Trinajstić information content (AvgIpc) is 3.81. The molecule has 244 valence electrons. The number of aryl methyl sites for hydroxylation is 3. The van der Waals surface area contributed by atoms with E-state index in [4.69, 9.17) is 13.8 Å². The van der Waals surface area contributed by atoms with E-state index >= 15 is 0 Å². The molecule has 0 amide bonds. The quantitative estimate of drug-likeness (QED) is 0.168. The fourth-order valence-corrected chi connectivity index (χ4v) is 5.69. The van der Waals surface area contributed by atoms with Gasteiger partial charge in [-0.3, -0.25) is 27.9 Å². The van der Waals surface area contributed by atoms with Crippen LogP contribution in [0.5, 0.6) is 0 Å². The van der Waals surface area contributed by atoms with Gasteiger partial charge in [0.2, 0.25) is 0 Å². The number of fused-ring (bicyclic) bond motifs is 2. The molecule has 5 aromatic rings. The zero-order valence-corrected chi connectivity index (χ0v) is 27.9. The van der Waals surface area contributed by atoms with Crippen molar-refractivity contribution in [2.24, 2.45) is 19.1 Å². The molecule has 1 aliphatic rings. The van der Waals surface area contributed by atoms with E-state index in [1.807, 2.05) is 0 Å². The third kappa shape index (κ3) is 6.69. The summed E-state index contributed by atoms with van der Waals surface area (Å²) in [7, 11) is 2.01. The lowest BCUT2D eigenvalue weighted by atomic mass is 10.2. The number of rotatable bonds is 9. The van der Waals surface area contributed by atoms with Crippen LogP contribution in [-0.4, -0.2) is 59.0 Å². The maximum absolute atomic E-state index is 13.0. The molecule has 0 fully saturated rings. The van der Waals surface area contributed by atoms with Gasteiger partial charge >= 0.3 is 11.4 Å². The first-order valence-corrected chi connectivity index (χ1v) is 18.4. The lowest BCUT2D eigenvalue weighted by Crippen LogP contribution is -2.40. The van der Waals surface area contributed by atoms with Gasteiger partial charge in [-0.15, -0.1) is 0 Å². The molecule has 16 nitrogen and oxygen atoms in total. The molecule has 17 heteroatoms. The first kappa shape index (κ1) is 32.5. The molecule has 0 saturated carbocycles. The zero-order chi connectivity index (χ0) is 33.3. The van der Waals surface area contributed by atoms with Crippen LogP contribution in [0.1, 0.15) is 28.5 Å². The average molecular weight is 652 g/mol. The second-order valence-electron chi connectivity index (χ2n) is 12.4. The summed E-state index contributed by atoms with van der Waals surface area (Å²) in [6.45, 7) is 11.4. The molecule has 0 radical (unpaired) electrons. The van der Waals surface area contributed by atoms with E-state index < -0.39 is 25.0 Å². The van der Waals surface area contributed by atoms with Crippen LogP contribution in [0.25, 0.3) is 11.2 Å². The van der Waals surface area contributed by atoms with Crippen molar-refractivity contribution in [3.8, 4) is 0 Å². The van der Waals surface area contributed by atoms with Crippen molar-refractivity contribution in [3.63, 3.8) is 0 Å². The van der Waals surface area contributed by atoms with Gasteiger partial charge in [-0.2, -0.15) is 0 Å². The van der Waals surface area contributed by atoms with Crippen molar-refractivity contribution in [2.45, 2.75) is 65.8 Å². The molecule has 46 heavy (non-hydrogen) atoms. The van der Waals surface area contributed by atoms with Gasteiger partial charge in [0.15, 0.2) is 11.2 Å². The Balaban J connectivity index is 0.000000192. The van der Waals surface area contributed by atoms with Crippen molar-refractivity contribution in [2.75, 3.05) is 6.61 Å². The number of imidazole rings is 1. The van der Waals surface area contributed by atoms with E-state index in [1.165, 1.54) is 15.5 Å². The number of hydrogen-bond acceptors (Lipinski definition) is 11. The molecule has 0 unspecified atom stereocenters. The van der Waals surface area contributed by atoms with Crippen LogP contribution in [0.4, 0.5) is 5.82 Å². The summed E-state index contributed by atoms with van der Waals surface area (Å²) in [6.07, 6.45) is 3.63. The molecule has 0 bridgehead atoms. The fourth-order valence-electron chi connectivity index (χ4n) is 4.93. The number of nitrogens with zero attached hydrogens (tertiary/aromatic N) is 9. The van der Waals surface area contributed by atoms with Crippen LogP contribution in [-0.2, 0) is 45.1 Å². The zero-order valence-electron chi connectivity index (χ0n) is 26.9. The summed E-state index contributed by atoms with van der Waals surface area (Å²) < 4.78 is 22.4. The molecule has 6 heterocycles. The molecule has 0 aliphatic carbocycles. The molecule has 0 aromatic carbocycles. The molecule has 0 saturated heterocycles. The van der Waals surface area contributed by atoms with Crippen LogP contribution in [0, 0.1) is 13.8 Å². The van der Waals surface area contributed by atoms with E-state index in [1.54, 1.807) is 50.9 Å². The molecular weight excluding hydrogens is 614 g/mol. The Kier molecular flexibility index (Phi) is 9.07. The minimum absolute atomic E-state index is 0.0421. The molecule has 1 aliphatic heterocycles. The van der Waals surface area contributed by atoms with Gasteiger partial charge in [0.05, 0.1) is 25.0 Å². The summed E-state index contributed by atoms with van der Waals surface area (Å²) >= 11 is 0. The van der Waals surface area contributed by atoms with Gasteiger partial charge in [-0.1, -0.05) is 30.0 Å². The van der Waals surface area contributed by atoms with Crippen molar-refractivity contribution >= 4 is 31.3 Å². The van der Waals surface area contributed by atoms with Crippen LogP contribution in [0.3, 0.4) is 0 Å². The number of hydrogen-bond donors (Lipinski definition) is 0. The van der Waals surface area contributed by atoms with Gasteiger partial charge in [0, 0.05) is 53.5 Å². The van der Waals surface area contributed by atoms with E-state index in [0.717, 1.165) is 15.2 Å². The highest BCUT2D eigenvalue weighted by Crippen LogP contribution is 2.17. The minimum atomic E-state index is -1.19. The fraction of sp³-hybridized carbons (Fsp3) is 0.448. The molecule has 0 atom stereocenters. The Morgan fingerprint density at radius 1 is 0.870 bits per heavy atom. The second kappa shape index (κ2) is 12.8. The summed E-state index contributed by atoms with van der Waals surface area (Å²) in [5.74, 6) is 1.71. The predicted octanol–water partition coefficient (Wildman–Crippen LogP) is 1.70. The molecule has 0 N–H and O–H groups in total. The third-order valence-electron chi connectivity index (χ3n) is 7.44. The lowest BCUT2D eigenvalue weighted by molar-refractivity contribution is 0.0896. The maximum Gasteiger partial charge on any atom is 0.332 e. The Bertz CT molecular complexity index is 2170. The highest BCUT2D eigenvalue weighted by Gasteiger charge is 2.20. The van der Waals surface area contributed by atoms with E-state index in [9.17, 15) is 19.2 Å². The monoisotopic (exact) mass is 651 g/mol. The molecule has 6 rings (SSSR count). The Hall–Kier alpha value is -4.90. The van der Waals surface area contributed by atoms with E-state index in [-0.39, 0.29) is 25.4 Å². The Morgan fingerprint density at radius 3 is 2.02 bits per heavy atom. The van der Waals surface area contributed by atoms with Crippen LogP contribution in [0.2, 0.25) is 25.7 Å². The van der Waals surface area contributed by atoms with Crippen LogP contribution >= 0.6 is 0 Å². The number of aliphatic imine (C=N–C) groups is 1. The lowest BCUT2D eigenvalue weighted by Gasteiger charge is -2.15. The van der Waals surface area contributed by atoms with Crippen molar-refractivity contribution in [1.82, 2.24) is 38.1 Å². The topological polar surface area (TPSA) is 179 Å². The second-order valence-corrected chi connectivity index (χ2v) is 18.0. The smallest absolute Gasteiger partial charge is 0.332 e. The summed E-state index contributed by atoms with van der Waals surface area (Å²) in [4.78, 5) is 58.3. The maximum atomic E-state index is 13.0. The predicted molar refractivity (Wildman–Crippen MR) is 172 cm³/mol. The van der Waals surface area contributed by atoms with Gasteiger partial charge in [-0.05, 0) is 19.9 Å². The number of ether oxygens (including phenoxy) is 1. The van der Waals surface area contributed by atoms with Gasteiger partial charge in [0.25, 0.3) is 11.1 Å². The SMILES string of the molecule is Cc1cc(Cn2c(=O)c3c(n(C)c2=O)N=CC3)no1.Cc1cc(Cn2c(=O)c3c(ncn3COCC[Si](C)(C)C)n(C)c2=O)no1. The van der Waals surface area contributed by atoms with E-state index in [2.05, 4.69) is 39.9 Å². The van der Waals surface area contributed by atoms with Crippen molar-refractivity contribution in [1.29, 1.82) is 0 Å². The van der Waals surface area contributed by atoms with E-state index in [0.29, 0.717) is 58.5 Å². The first-order valence-electron chi connectivity index (χ1n) is 14.7. The molecule has 5 aromatic heterocycles. The highest BCUT2D eigenvalue weighted by atomic mass is 28.3. The minimum Gasteiger partial charge on any atom is -0.361 e. The first-order chi connectivity index (χ1) is 21.7. The van der Waals surface area contributed by atoms with Gasteiger partial charge in [-0.25, -0.2) is 19.6 Å². The van der Waals surface area contributed by atoms with Crippen molar-refractivity contribution < 1.29 is 13.8 Å². The Labute approximate surface area is 263 Å². The van der Waals surface area contributed by atoms with Gasteiger partial charge < -0.3 is 18.4 Å². The molecule has 0 spiro atoms. The van der Waals surface area contributed by atoms with Gasteiger partial charge in [0.1, 0.15) is 35.5 Å². The highest BCUT2D eigenvalue weighted by molar-refractivity contribution is 6.76. The standard InChI is InChI=1S/C17H25N5O4Si.C12H12N4O3/c1-12-8-13(19-26-12)9-22-16(23)14-15(20(2)17(22)24)18-10-21(14)11-25-6-7-27(3,4)5;1-7-5-8(14-19-7)6-16-11(17)9-3-4-13-10(9)15(2)12(16)18/h8,10H,6-7,9,11H2,1-5H3;4-5H,3,6H2,1-2H3. The normalized spacial score (nSPS) is 12.5. The largest absolute Gasteiger partial charge is 0.361 e. The van der Waals surface area contributed by atoms with Crippen LogP contribution < -0.4 is 22.5 Å². The third-order valence-corrected chi connectivity index (χ3v) is 9.14. The summed E-state index contributed by atoms with van der Waals surface area (Å²) in [6, 6.07) is 4.44.